The molecule has 0 aliphatic carbocycles. The SMILES string of the molecule is Cc1nc2ccc(-c3ccn[nH]3)cc2[nH]1. The first kappa shape index (κ1) is 8.23. The van der Waals surface area contributed by atoms with Gasteiger partial charge in [-0.15, -0.1) is 0 Å². The average Bonchev–Trinajstić information content (AvgIpc) is 2.82. The molecule has 0 amide bonds. The molecule has 2 heterocycles. The summed E-state index contributed by atoms with van der Waals surface area (Å²) in [6, 6.07) is 8.07. The smallest absolute Gasteiger partial charge is 0.104 e. The van der Waals surface area contributed by atoms with Crippen LogP contribution in [0.15, 0.2) is 30.5 Å². The van der Waals surface area contributed by atoms with E-state index in [9.17, 15) is 0 Å². The average molecular weight is 198 g/mol. The molecule has 2 aromatic heterocycles. The maximum Gasteiger partial charge on any atom is 0.104 e. The first-order valence-corrected chi connectivity index (χ1v) is 4.79. The van der Waals surface area contributed by atoms with Crippen molar-refractivity contribution in [1.82, 2.24) is 20.2 Å². The predicted molar refractivity (Wildman–Crippen MR) is 58.4 cm³/mol. The van der Waals surface area contributed by atoms with Crippen LogP contribution in [-0.2, 0) is 0 Å². The van der Waals surface area contributed by atoms with Crippen LogP contribution < -0.4 is 0 Å². The second-order valence-corrected chi connectivity index (χ2v) is 3.52. The van der Waals surface area contributed by atoms with Crippen LogP contribution in [0.1, 0.15) is 5.82 Å². The maximum absolute atomic E-state index is 4.35. The van der Waals surface area contributed by atoms with E-state index in [0.717, 1.165) is 28.1 Å². The Kier molecular flexibility index (Phi) is 1.62. The van der Waals surface area contributed by atoms with Crippen molar-refractivity contribution in [3.05, 3.63) is 36.3 Å². The Morgan fingerprint density at radius 1 is 1.20 bits per heavy atom. The summed E-state index contributed by atoms with van der Waals surface area (Å²) in [7, 11) is 0. The number of rotatable bonds is 1. The topological polar surface area (TPSA) is 57.4 Å². The number of nitrogens with one attached hydrogen (secondary N) is 2. The Morgan fingerprint density at radius 2 is 2.13 bits per heavy atom. The van der Waals surface area contributed by atoms with Crippen LogP contribution in [0.3, 0.4) is 0 Å². The molecule has 0 radical (unpaired) electrons. The fraction of sp³-hybridized carbons (Fsp3) is 0.0909. The van der Waals surface area contributed by atoms with Crippen LogP contribution in [-0.4, -0.2) is 20.2 Å². The molecular weight excluding hydrogens is 188 g/mol. The number of aryl methyl sites for hydroxylation is 1. The molecule has 0 aliphatic heterocycles. The fourth-order valence-electron chi connectivity index (χ4n) is 1.72. The Morgan fingerprint density at radius 3 is 2.93 bits per heavy atom. The quantitative estimate of drug-likeness (QED) is 0.630. The van der Waals surface area contributed by atoms with Gasteiger partial charge in [-0.05, 0) is 25.1 Å². The van der Waals surface area contributed by atoms with Gasteiger partial charge in [0.15, 0.2) is 0 Å². The number of aromatic nitrogens is 4. The molecule has 0 saturated carbocycles. The van der Waals surface area contributed by atoms with Crippen LogP contribution in [0.25, 0.3) is 22.3 Å². The first-order valence-electron chi connectivity index (χ1n) is 4.79. The van der Waals surface area contributed by atoms with E-state index in [1.165, 1.54) is 0 Å². The Hall–Kier alpha value is -2.10. The summed E-state index contributed by atoms with van der Waals surface area (Å²) in [5.74, 6) is 0.937. The summed E-state index contributed by atoms with van der Waals surface area (Å²) in [4.78, 5) is 7.57. The second kappa shape index (κ2) is 2.95. The van der Waals surface area contributed by atoms with Crippen LogP contribution >= 0.6 is 0 Å². The van der Waals surface area contributed by atoms with E-state index >= 15 is 0 Å². The zero-order valence-corrected chi connectivity index (χ0v) is 8.28. The third-order valence-electron chi connectivity index (χ3n) is 2.41. The molecule has 0 spiro atoms. The molecule has 1 aromatic carbocycles. The summed E-state index contributed by atoms with van der Waals surface area (Å²) in [5.41, 5.74) is 4.18. The summed E-state index contributed by atoms with van der Waals surface area (Å²) < 4.78 is 0. The molecular formula is C11H10N4. The van der Waals surface area contributed by atoms with Crippen molar-refractivity contribution in [1.29, 1.82) is 0 Å². The van der Waals surface area contributed by atoms with E-state index in [1.807, 2.05) is 25.1 Å². The van der Waals surface area contributed by atoms with Crippen molar-refractivity contribution in [2.45, 2.75) is 6.92 Å². The maximum atomic E-state index is 4.35. The highest BCUT2D eigenvalue weighted by molar-refractivity contribution is 5.81. The van der Waals surface area contributed by atoms with Crippen LogP contribution in [0.4, 0.5) is 0 Å². The summed E-state index contributed by atoms with van der Waals surface area (Å²) in [6.45, 7) is 1.95. The van der Waals surface area contributed by atoms with E-state index in [-0.39, 0.29) is 0 Å². The van der Waals surface area contributed by atoms with Gasteiger partial charge in [0.25, 0.3) is 0 Å². The Labute approximate surface area is 86.4 Å². The number of hydrogen-bond acceptors (Lipinski definition) is 2. The number of imidazole rings is 1. The minimum Gasteiger partial charge on any atom is -0.342 e. The minimum absolute atomic E-state index is 0.937. The monoisotopic (exact) mass is 198 g/mol. The third-order valence-corrected chi connectivity index (χ3v) is 2.41. The highest BCUT2D eigenvalue weighted by atomic mass is 15.1. The van der Waals surface area contributed by atoms with E-state index in [0.29, 0.717) is 0 Å². The number of fused-ring (bicyclic) bond motifs is 1. The second-order valence-electron chi connectivity index (χ2n) is 3.52. The minimum atomic E-state index is 0.937. The van der Waals surface area contributed by atoms with Gasteiger partial charge in [-0.3, -0.25) is 5.10 Å². The Balaban J connectivity index is 2.21. The number of H-pyrrole nitrogens is 2. The van der Waals surface area contributed by atoms with Gasteiger partial charge in [0.2, 0.25) is 0 Å². The molecule has 0 saturated heterocycles. The van der Waals surface area contributed by atoms with Crippen molar-refractivity contribution >= 4 is 11.0 Å². The molecule has 0 fully saturated rings. The van der Waals surface area contributed by atoms with E-state index < -0.39 is 0 Å². The van der Waals surface area contributed by atoms with Gasteiger partial charge in [0.05, 0.1) is 16.7 Å². The van der Waals surface area contributed by atoms with Crippen molar-refractivity contribution in [2.24, 2.45) is 0 Å². The van der Waals surface area contributed by atoms with Gasteiger partial charge in [-0.2, -0.15) is 5.10 Å². The Bertz CT molecular complexity index is 592. The van der Waals surface area contributed by atoms with Gasteiger partial charge in [0, 0.05) is 11.8 Å². The molecule has 3 aromatic rings. The molecule has 4 heteroatoms. The zero-order chi connectivity index (χ0) is 10.3. The van der Waals surface area contributed by atoms with E-state index in [1.54, 1.807) is 6.20 Å². The molecule has 4 nitrogen and oxygen atoms in total. The molecule has 0 unspecified atom stereocenters. The lowest BCUT2D eigenvalue weighted by Gasteiger charge is -1.96. The summed E-state index contributed by atoms with van der Waals surface area (Å²) in [6.07, 6.45) is 1.75. The third kappa shape index (κ3) is 1.30. The van der Waals surface area contributed by atoms with Crippen molar-refractivity contribution in [2.75, 3.05) is 0 Å². The van der Waals surface area contributed by atoms with E-state index in [4.69, 9.17) is 0 Å². The summed E-state index contributed by atoms with van der Waals surface area (Å²) >= 11 is 0. The molecule has 3 rings (SSSR count). The van der Waals surface area contributed by atoms with Crippen LogP contribution in [0.5, 0.6) is 0 Å². The highest BCUT2D eigenvalue weighted by Gasteiger charge is 2.03. The number of hydrogen-bond donors (Lipinski definition) is 2. The number of nitrogens with zero attached hydrogens (tertiary/aromatic N) is 2. The number of benzene rings is 1. The van der Waals surface area contributed by atoms with Crippen molar-refractivity contribution in [3.8, 4) is 11.3 Å². The van der Waals surface area contributed by atoms with Gasteiger partial charge in [-0.1, -0.05) is 6.07 Å². The van der Waals surface area contributed by atoms with Crippen molar-refractivity contribution in [3.63, 3.8) is 0 Å². The highest BCUT2D eigenvalue weighted by Crippen LogP contribution is 2.21. The standard InChI is InChI=1S/C11H10N4/c1-7-13-10-3-2-8(6-11(10)14-7)9-4-5-12-15-9/h2-6H,1H3,(H,12,15)(H,13,14). The van der Waals surface area contributed by atoms with Gasteiger partial charge in [0.1, 0.15) is 5.82 Å². The largest absolute Gasteiger partial charge is 0.342 e. The lowest BCUT2D eigenvalue weighted by atomic mass is 10.1. The van der Waals surface area contributed by atoms with E-state index in [2.05, 4.69) is 26.2 Å². The lowest BCUT2D eigenvalue weighted by Crippen LogP contribution is -1.78. The van der Waals surface area contributed by atoms with Gasteiger partial charge >= 0.3 is 0 Å². The molecule has 2 N–H and O–H groups in total. The lowest BCUT2D eigenvalue weighted by molar-refractivity contribution is 1.10. The molecule has 15 heavy (non-hydrogen) atoms. The van der Waals surface area contributed by atoms with Crippen LogP contribution in [0, 0.1) is 6.92 Å². The fourth-order valence-corrected chi connectivity index (χ4v) is 1.72. The normalized spacial score (nSPS) is 11.0. The summed E-state index contributed by atoms with van der Waals surface area (Å²) in [5, 5.41) is 6.87. The van der Waals surface area contributed by atoms with Gasteiger partial charge in [-0.25, -0.2) is 4.98 Å². The van der Waals surface area contributed by atoms with Crippen LogP contribution in [0.2, 0.25) is 0 Å². The molecule has 0 aliphatic rings. The number of aromatic amines is 2. The molecule has 0 atom stereocenters. The first-order chi connectivity index (χ1) is 7.33. The predicted octanol–water partition coefficient (Wildman–Crippen LogP) is 2.26. The molecule has 0 bridgehead atoms. The van der Waals surface area contributed by atoms with Crippen molar-refractivity contribution < 1.29 is 0 Å². The van der Waals surface area contributed by atoms with Gasteiger partial charge < -0.3 is 4.98 Å². The molecule has 74 valence electrons. The zero-order valence-electron chi connectivity index (χ0n) is 8.28.